The average molecular weight is 181 g/mol. The molecule has 2 nitrogen and oxygen atoms in total. The summed E-state index contributed by atoms with van der Waals surface area (Å²) in [5.41, 5.74) is 6.32. The summed E-state index contributed by atoms with van der Waals surface area (Å²) in [6.45, 7) is 1.34. The van der Waals surface area contributed by atoms with E-state index in [-0.39, 0.29) is 5.92 Å². The Bertz CT molecular complexity index is 312. The maximum absolute atomic E-state index is 12.3. The molecule has 1 rings (SSSR count). The molecule has 2 N–H and O–H groups in total. The zero-order valence-corrected chi connectivity index (χ0v) is 7.46. The summed E-state index contributed by atoms with van der Waals surface area (Å²) in [4.78, 5) is 10.8. The zero-order chi connectivity index (χ0) is 9.84. The van der Waals surface area contributed by atoms with Crippen LogP contribution in [0.15, 0.2) is 24.3 Å². The molecule has 1 unspecified atom stereocenters. The Morgan fingerprint density at radius 2 is 2.31 bits per heavy atom. The summed E-state index contributed by atoms with van der Waals surface area (Å²) in [5.74, 6) is -0.660. The van der Waals surface area contributed by atoms with E-state index in [0.29, 0.717) is 5.56 Å². The number of amides is 1. The Labute approximate surface area is 76.6 Å². The third-order valence-electron chi connectivity index (χ3n) is 1.97. The first-order chi connectivity index (χ1) is 6.15. The van der Waals surface area contributed by atoms with Crippen molar-refractivity contribution in [3.8, 4) is 0 Å². The fourth-order valence-electron chi connectivity index (χ4n) is 1.09. The van der Waals surface area contributed by atoms with Gasteiger partial charge >= 0.3 is 0 Å². The normalized spacial score (nSPS) is 12.5. The maximum Gasteiger partial charge on any atom is 0.248 e. The molecule has 0 aromatic heterocycles. The summed E-state index contributed by atoms with van der Waals surface area (Å²) in [6.07, 6.45) is 0. The summed E-state index contributed by atoms with van der Waals surface area (Å²) in [7, 11) is 0. The standard InChI is InChI=1S/C10H12FNO/c1-7(6-11)8-3-2-4-9(5-8)10(12)13/h2-5,7H,6H2,1H3,(H2,12,13). The van der Waals surface area contributed by atoms with Crippen molar-refractivity contribution < 1.29 is 9.18 Å². The van der Waals surface area contributed by atoms with E-state index in [1.807, 2.05) is 0 Å². The fourth-order valence-corrected chi connectivity index (χ4v) is 1.09. The molecule has 0 spiro atoms. The number of rotatable bonds is 3. The third kappa shape index (κ3) is 2.28. The number of hydrogen-bond donors (Lipinski definition) is 1. The predicted octanol–water partition coefficient (Wildman–Crippen LogP) is 1.86. The molecule has 3 heteroatoms. The molecule has 0 radical (unpaired) electrons. The van der Waals surface area contributed by atoms with E-state index in [2.05, 4.69) is 0 Å². The van der Waals surface area contributed by atoms with Gasteiger partial charge in [0.2, 0.25) is 5.91 Å². The number of nitrogens with two attached hydrogens (primary N) is 1. The van der Waals surface area contributed by atoms with Crippen LogP contribution in [0.4, 0.5) is 4.39 Å². The van der Waals surface area contributed by atoms with Crippen LogP contribution in [-0.4, -0.2) is 12.6 Å². The molecular weight excluding hydrogens is 169 g/mol. The van der Waals surface area contributed by atoms with Gasteiger partial charge in [0, 0.05) is 11.5 Å². The van der Waals surface area contributed by atoms with Gasteiger partial charge in [0.25, 0.3) is 0 Å². The molecule has 0 aliphatic heterocycles. The van der Waals surface area contributed by atoms with Crippen LogP contribution < -0.4 is 5.73 Å². The monoisotopic (exact) mass is 181 g/mol. The Morgan fingerprint density at radius 1 is 1.62 bits per heavy atom. The summed E-state index contributed by atoms with van der Waals surface area (Å²) in [6, 6.07) is 6.75. The van der Waals surface area contributed by atoms with Crippen molar-refractivity contribution in [2.75, 3.05) is 6.67 Å². The molecule has 0 saturated carbocycles. The van der Waals surface area contributed by atoms with Crippen molar-refractivity contribution in [2.45, 2.75) is 12.8 Å². The highest BCUT2D eigenvalue weighted by Crippen LogP contribution is 2.16. The van der Waals surface area contributed by atoms with Crippen LogP contribution in [0.1, 0.15) is 28.8 Å². The first-order valence-electron chi connectivity index (χ1n) is 4.11. The van der Waals surface area contributed by atoms with Gasteiger partial charge in [-0.05, 0) is 17.7 Å². The van der Waals surface area contributed by atoms with E-state index in [1.165, 1.54) is 0 Å². The van der Waals surface area contributed by atoms with E-state index >= 15 is 0 Å². The minimum absolute atomic E-state index is 0.181. The molecule has 0 bridgehead atoms. The highest BCUT2D eigenvalue weighted by atomic mass is 19.1. The molecular formula is C10H12FNO. The van der Waals surface area contributed by atoms with Gasteiger partial charge in [-0.15, -0.1) is 0 Å². The molecule has 0 aliphatic carbocycles. The summed E-state index contributed by atoms with van der Waals surface area (Å²) >= 11 is 0. The largest absolute Gasteiger partial charge is 0.366 e. The molecule has 0 fully saturated rings. The minimum atomic E-state index is -0.479. The summed E-state index contributed by atoms with van der Waals surface area (Å²) < 4.78 is 12.3. The van der Waals surface area contributed by atoms with Crippen molar-refractivity contribution in [3.05, 3.63) is 35.4 Å². The Hall–Kier alpha value is -1.38. The number of hydrogen-bond acceptors (Lipinski definition) is 1. The molecule has 1 amide bonds. The molecule has 0 saturated heterocycles. The molecule has 0 aliphatic rings. The van der Waals surface area contributed by atoms with Crippen molar-refractivity contribution >= 4 is 5.91 Å². The van der Waals surface area contributed by atoms with Gasteiger partial charge < -0.3 is 5.73 Å². The van der Waals surface area contributed by atoms with Gasteiger partial charge in [-0.3, -0.25) is 9.18 Å². The van der Waals surface area contributed by atoms with E-state index < -0.39 is 12.6 Å². The van der Waals surface area contributed by atoms with Gasteiger partial charge in [-0.25, -0.2) is 0 Å². The van der Waals surface area contributed by atoms with Gasteiger partial charge in [0.15, 0.2) is 0 Å². The number of carbonyl (C=O) groups excluding carboxylic acids is 1. The second-order valence-corrected chi connectivity index (χ2v) is 3.05. The number of halogens is 1. The number of alkyl halides is 1. The lowest BCUT2D eigenvalue weighted by Gasteiger charge is -2.07. The van der Waals surface area contributed by atoms with Crippen LogP contribution in [0, 0.1) is 0 Å². The molecule has 70 valence electrons. The minimum Gasteiger partial charge on any atom is -0.366 e. The predicted molar refractivity (Wildman–Crippen MR) is 49.3 cm³/mol. The van der Waals surface area contributed by atoms with Crippen LogP contribution in [-0.2, 0) is 0 Å². The SMILES string of the molecule is CC(CF)c1cccc(C(N)=O)c1. The highest BCUT2D eigenvalue weighted by molar-refractivity contribution is 5.92. The van der Waals surface area contributed by atoms with Crippen LogP contribution in [0.2, 0.25) is 0 Å². The second kappa shape index (κ2) is 4.03. The quantitative estimate of drug-likeness (QED) is 0.759. The van der Waals surface area contributed by atoms with E-state index in [1.54, 1.807) is 31.2 Å². The molecule has 1 atom stereocenters. The maximum atomic E-state index is 12.3. The fraction of sp³-hybridized carbons (Fsp3) is 0.300. The van der Waals surface area contributed by atoms with Crippen LogP contribution in [0.5, 0.6) is 0 Å². The van der Waals surface area contributed by atoms with Gasteiger partial charge in [0.05, 0.1) is 6.67 Å². The lowest BCUT2D eigenvalue weighted by Crippen LogP contribution is -2.11. The van der Waals surface area contributed by atoms with Gasteiger partial charge in [0.1, 0.15) is 0 Å². The Balaban J connectivity index is 2.98. The van der Waals surface area contributed by atoms with Gasteiger partial charge in [-0.1, -0.05) is 19.1 Å². The van der Waals surface area contributed by atoms with Crippen molar-refractivity contribution in [1.29, 1.82) is 0 Å². The van der Waals surface area contributed by atoms with Crippen LogP contribution >= 0.6 is 0 Å². The van der Waals surface area contributed by atoms with E-state index in [0.717, 1.165) is 5.56 Å². The van der Waals surface area contributed by atoms with Crippen molar-refractivity contribution in [1.82, 2.24) is 0 Å². The number of primary amides is 1. The number of carbonyl (C=O) groups is 1. The Kier molecular flexibility index (Phi) is 3.01. The first kappa shape index (κ1) is 9.71. The summed E-state index contributed by atoms with van der Waals surface area (Å²) in [5, 5.41) is 0. The third-order valence-corrected chi connectivity index (χ3v) is 1.97. The van der Waals surface area contributed by atoms with Crippen molar-refractivity contribution in [3.63, 3.8) is 0 Å². The molecule has 1 aromatic carbocycles. The van der Waals surface area contributed by atoms with E-state index in [4.69, 9.17) is 5.73 Å². The van der Waals surface area contributed by atoms with E-state index in [9.17, 15) is 9.18 Å². The second-order valence-electron chi connectivity index (χ2n) is 3.05. The average Bonchev–Trinajstić information content (AvgIpc) is 2.17. The topological polar surface area (TPSA) is 43.1 Å². The van der Waals surface area contributed by atoms with Crippen molar-refractivity contribution in [2.24, 2.45) is 5.73 Å². The molecule has 0 heterocycles. The number of benzene rings is 1. The molecule has 13 heavy (non-hydrogen) atoms. The highest BCUT2D eigenvalue weighted by Gasteiger charge is 2.06. The Morgan fingerprint density at radius 3 is 2.85 bits per heavy atom. The first-order valence-corrected chi connectivity index (χ1v) is 4.11. The molecule has 1 aromatic rings. The van der Waals surface area contributed by atoms with Crippen LogP contribution in [0.3, 0.4) is 0 Å². The van der Waals surface area contributed by atoms with Gasteiger partial charge in [-0.2, -0.15) is 0 Å². The zero-order valence-electron chi connectivity index (χ0n) is 7.46. The lowest BCUT2D eigenvalue weighted by molar-refractivity contribution is 0.1000. The smallest absolute Gasteiger partial charge is 0.248 e. The van der Waals surface area contributed by atoms with Crippen LogP contribution in [0.25, 0.3) is 0 Å². The lowest BCUT2D eigenvalue weighted by atomic mass is 10.0.